The van der Waals surface area contributed by atoms with Crippen molar-refractivity contribution in [1.82, 2.24) is 9.78 Å². The molecule has 0 aliphatic heterocycles. The first-order valence-electron chi connectivity index (χ1n) is 4.15. The number of aromatic nitrogens is 2. The summed E-state index contributed by atoms with van der Waals surface area (Å²) in [6, 6.07) is 0. The summed E-state index contributed by atoms with van der Waals surface area (Å²) >= 11 is 6.00. The molecule has 0 unspecified atom stereocenters. The van der Waals surface area contributed by atoms with Crippen molar-refractivity contribution in [2.24, 2.45) is 7.05 Å². The van der Waals surface area contributed by atoms with Crippen LogP contribution in [0.2, 0.25) is 5.15 Å². The maximum atomic E-state index is 6.00. The second-order valence-corrected chi connectivity index (χ2v) is 4.41. The Balaban J connectivity index is 3.34. The lowest BCUT2D eigenvalue weighted by atomic mass is 9.89. The highest BCUT2D eigenvalue weighted by Crippen LogP contribution is 2.36. The van der Waals surface area contributed by atoms with Crippen molar-refractivity contribution in [3.63, 3.8) is 0 Å². The molecule has 74 valence electrons. The first kappa shape index (κ1) is 10.4. The van der Waals surface area contributed by atoms with Gasteiger partial charge in [-0.2, -0.15) is 5.10 Å². The van der Waals surface area contributed by atoms with Crippen LogP contribution in [0.1, 0.15) is 26.3 Å². The molecular weight excluding hydrogens is 188 g/mol. The molecule has 0 spiro atoms. The molecule has 0 bridgehead atoms. The number of nitrogens with zero attached hydrogens (tertiary/aromatic N) is 2. The van der Waals surface area contributed by atoms with Crippen LogP contribution in [0.25, 0.3) is 0 Å². The number of methoxy groups -OCH3 is 1. The molecule has 1 aromatic rings. The van der Waals surface area contributed by atoms with Crippen LogP contribution in [0.5, 0.6) is 5.88 Å². The molecule has 1 rings (SSSR count). The van der Waals surface area contributed by atoms with E-state index in [-0.39, 0.29) is 5.41 Å². The van der Waals surface area contributed by atoms with Gasteiger partial charge in [-0.15, -0.1) is 0 Å². The minimum absolute atomic E-state index is 0.0450. The first-order valence-corrected chi connectivity index (χ1v) is 4.52. The van der Waals surface area contributed by atoms with Crippen LogP contribution >= 0.6 is 11.6 Å². The van der Waals surface area contributed by atoms with Gasteiger partial charge in [0, 0.05) is 7.05 Å². The molecule has 0 fully saturated rings. The van der Waals surface area contributed by atoms with Crippen LogP contribution in [-0.4, -0.2) is 16.9 Å². The van der Waals surface area contributed by atoms with Crippen LogP contribution in [-0.2, 0) is 12.5 Å². The molecule has 0 N–H and O–H groups in total. The molecule has 0 aromatic carbocycles. The third-order valence-corrected chi connectivity index (χ3v) is 2.16. The van der Waals surface area contributed by atoms with Gasteiger partial charge in [0.15, 0.2) is 5.15 Å². The molecule has 3 nitrogen and oxygen atoms in total. The maximum absolute atomic E-state index is 6.00. The largest absolute Gasteiger partial charge is 0.481 e. The van der Waals surface area contributed by atoms with Crippen LogP contribution in [0.4, 0.5) is 0 Å². The van der Waals surface area contributed by atoms with E-state index in [4.69, 9.17) is 16.3 Å². The van der Waals surface area contributed by atoms with Crippen molar-refractivity contribution >= 4 is 11.6 Å². The maximum Gasteiger partial charge on any atom is 0.216 e. The highest BCUT2D eigenvalue weighted by atomic mass is 35.5. The van der Waals surface area contributed by atoms with Gasteiger partial charge < -0.3 is 4.74 Å². The smallest absolute Gasteiger partial charge is 0.216 e. The van der Waals surface area contributed by atoms with E-state index in [2.05, 4.69) is 25.9 Å². The summed E-state index contributed by atoms with van der Waals surface area (Å²) in [5.74, 6) is 0.734. The minimum Gasteiger partial charge on any atom is -0.481 e. The molecule has 1 heterocycles. The van der Waals surface area contributed by atoms with E-state index in [1.807, 2.05) is 7.05 Å². The Bertz CT molecular complexity index is 312. The molecular formula is C9H15ClN2O. The Hall–Kier alpha value is -0.700. The predicted molar refractivity (Wildman–Crippen MR) is 53.5 cm³/mol. The van der Waals surface area contributed by atoms with Crippen molar-refractivity contribution in [3.8, 4) is 5.88 Å². The van der Waals surface area contributed by atoms with Crippen molar-refractivity contribution in [2.75, 3.05) is 7.11 Å². The fraction of sp³-hybridized carbons (Fsp3) is 0.667. The van der Waals surface area contributed by atoms with E-state index in [0.717, 1.165) is 11.4 Å². The molecule has 0 radical (unpaired) electrons. The molecule has 0 atom stereocenters. The fourth-order valence-electron chi connectivity index (χ4n) is 1.34. The number of hydrogen-bond acceptors (Lipinski definition) is 2. The minimum atomic E-state index is -0.0450. The van der Waals surface area contributed by atoms with E-state index in [0.29, 0.717) is 5.15 Å². The van der Waals surface area contributed by atoms with E-state index in [9.17, 15) is 0 Å². The lowest BCUT2D eigenvalue weighted by molar-refractivity contribution is 0.361. The van der Waals surface area contributed by atoms with Gasteiger partial charge in [0.2, 0.25) is 5.88 Å². The van der Waals surface area contributed by atoms with Crippen molar-refractivity contribution in [2.45, 2.75) is 26.2 Å². The zero-order chi connectivity index (χ0) is 10.2. The lowest BCUT2D eigenvalue weighted by Gasteiger charge is -2.18. The van der Waals surface area contributed by atoms with Gasteiger partial charge in [-0.1, -0.05) is 32.4 Å². The first-order chi connectivity index (χ1) is 5.88. The molecule has 13 heavy (non-hydrogen) atoms. The summed E-state index contributed by atoms with van der Waals surface area (Å²) in [6.45, 7) is 6.25. The van der Waals surface area contributed by atoms with Crippen molar-refractivity contribution < 1.29 is 4.74 Å². The molecule has 0 saturated heterocycles. The van der Waals surface area contributed by atoms with E-state index in [1.165, 1.54) is 0 Å². The third-order valence-electron chi connectivity index (χ3n) is 1.90. The Morgan fingerprint density at radius 3 is 2.23 bits per heavy atom. The summed E-state index contributed by atoms with van der Waals surface area (Å²) in [5, 5.41) is 4.63. The molecule has 0 amide bonds. The molecule has 0 aliphatic rings. The predicted octanol–water partition coefficient (Wildman–Crippen LogP) is 2.38. The molecule has 0 aliphatic carbocycles. The number of rotatable bonds is 1. The van der Waals surface area contributed by atoms with Crippen LogP contribution in [0.15, 0.2) is 0 Å². The van der Waals surface area contributed by atoms with Gasteiger partial charge >= 0.3 is 0 Å². The average Bonchev–Trinajstić information content (AvgIpc) is 2.23. The van der Waals surface area contributed by atoms with Gasteiger partial charge in [0.25, 0.3) is 0 Å². The fourth-order valence-corrected chi connectivity index (χ4v) is 1.82. The van der Waals surface area contributed by atoms with Gasteiger partial charge in [-0.3, -0.25) is 0 Å². The standard InChI is InChI=1S/C9H15ClN2O/c1-9(2,3)6-7(10)11-12(4)8(6)13-5/h1-5H3. The number of ether oxygens (including phenoxy) is 1. The number of aryl methyl sites for hydroxylation is 1. The SMILES string of the molecule is COc1c(C(C)(C)C)c(Cl)nn1C. The van der Waals surface area contributed by atoms with Crippen molar-refractivity contribution in [1.29, 1.82) is 0 Å². The van der Waals surface area contributed by atoms with Gasteiger partial charge in [-0.25, -0.2) is 4.68 Å². The lowest BCUT2D eigenvalue weighted by Crippen LogP contribution is -2.12. The van der Waals surface area contributed by atoms with Crippen LogP contribution < -0.4 is 4.74 Å². The van der Waals surface area contributed by atoms with Crippen LogP contribution in [0, 0.1) is 0 Å². The van der Waals surface area contributed by atoms with Gasteiger partial charge in [-0.05, 0) is 5.41 Å². The Labute approximate surface area is 83.6 Å². The summed E-state index contributed by atoms with van der Waals surface area (Å²) in [4.78, 5) is 0. The Morgan fingerprint density at radius 2 is 1.92 bits per heavy atom. The highest BCUT2D eigenvalue weighted by Gasteiger charge is 2.26. The summed E-state index contributed by atoms with van der Waals surface area (Å²) in [7, 11) is 3.45. The summed E-state index contributed by atoms with van der Waals surface area (Å²) in [6.07, 6.45) is 0. The van der Waals surface area contributed by atoms with Gasteiger partial charge in [0.05, 0.1) is 12.7 Å². The van der Waals surface area contributed by atoms with E-state index in [1.54, 1.807) is 11.8 Å². The number of halogens is 1. The zero-order valence-corrected chi connectivity index (χ0v) is 9.44. The quantitative estimate of drug-likeness (QED) is 0.699. The van der Waals surface area contributed by atoms with Gasteiger partial charge in [0.1, 0.15) is 0 Å². The van der Waals surface area contributed by atoms with Crippen molar-refractivity contribution in [3.05, 3.63) is 10.7 Å². The summed E-state index contributed by atoms with van der Waals surface area (Å²) in [5.41, 5.74) is 0.913. The molecule has 1 aromatic heterocycles. The highest BCUT2D eigenvalue weighted by molar-refractivity contribution is 6.30. The normalized spacial score (nSPS) is 11.8. The van der Waals surface area contributed by atoms with E-state index < -0.39 is 0 Å². The second-order valence-electron chi connectivity index (χ2n) is 4.05. The molecule has 0 saturated carbocycles. The Morgan fingerprint density at radius 1 is 1.38 bits per heavy atom. The van der Waals surface area contributed by atoms with E-state index >= 15 is 0 Å². The molecule has 4 heteroatoms. The third kappa shape index (κ3) is 1.80. The topological polar surface area (TPSA) is 27.1 Å². The summed E-state index contributed by atoms with van der Waals surface area (Å²) < 4.78 is 6.90. The average molecular weight is 203 g/mol. The second kappa shape index (κ2) is 3.22. The van der Waals surface area contributed by atoms with Crippen LogP contribution in [0.3, 0.4) is 0 Å². The number of hydrogen-bond donors (Lipinski definition) is 0. The zero-order valence-electron chi connectivity index (χ0n) is 8.68. The Kier molecular flexibility index (Phi) is 2.57. The monoisotopic (exact) mass is 202 g/mol.